The molecule has 1 aliphatic heterocycles. The van der Waals surface area contributed by atoms with Crippen molar-refractivity contribution >= 4 is 5.88 Å². The third-order valence-corrected chi connectivity index (χ3v) is 3.02. The second kappa shape index (κ2) is 4.64. The summed E-state index contributed by atoms with van der Waals surface area (Å²) in [6.45, 7) is 2.04. The van der Waals surface area contributed by atoms with Crippen molar-refractivity contribution < 1.29 is 9.26 Å². The molecule has 94 valence electrons. The molecule has 18 heavy (non-hydrogen) atoms. The fourth-order valence-electron chi connectivity index (χ4n) is 2.11. The quantitative estimate of drug-likeness (QED) is 0.822. The molecule has 0 amide bonds. The maximum atomic E-state index is 5.36. The topological polar surface area (TPSA) is 64.3 Å². The zero-order valence-electron chi connectivity index (χ0n) is 10.2. The van der Waals surface area contributed by atoms with Crippen LogP contribution in [0, 0.1) is 0 Å². The van der Waals surface area contributed by atoms with Crippen LogP contribution in [0.25, 0.3) is 11.4 Å². The van der Waals surface area contributed by atoms with Crippen molar-refractivity contribution in [2.75, 3.05) is 25.1 Å². The van der Waals surface area contributed by atoms with Gasteiger partial charge in [-0.25, -0.2) is 9.97 Å². The molecular weight excluding hydrogens is 232 g/mol. The minimum Gasteiger partial charge on any atom is -0.479 e. The summed E-state index contributed by atoms with van der Waals surface area (Å²) in [4.78, 5) is 10.5. The first-order valence-electron chi connectivity index (χ1n) is 5.95. The molecule has 1 aliphatic rings. The molecule has 0 aliphatic carbocycles. The van der Waals surface area contributed by atoms with Gasteiger partial charge in [-0.15, -0.1) is 0 Å². The van der Waals surface area contributed by atoms with Gasteiger partial charge in [-0.2, -0.15) is 0 Å². The molecular formula is C12H14N4O2. The number of hydrogen-bond donors (Lipinski definition) is 0. The van der Waals surface area contributed by atoms with Crippen LogP contribution in [0.3, 0.4) is 0 Å². The molecule has 3 rings (SSSR count). The van der Waals surface area contributed by atoms with Crippen LogP contribution in [0.15, 0.2) is 23.0 Å². The van der Waals surface area contributed by atoms with Crippen LogP contribution >= 0.6 is 0 Å². The predicted molar refractivity (Wildman–Crippen MR) is 65.5 cm³/mol. The van der Waals surface area contributed by atoms with Gasteiger partial charge in [0.15, 0.2) is 5.69 Å². The van der Waals surface area contributed by atoms with Crippen LogP contribution < -0.4 is 9.64 Å². The highest BCUT2D eigenvalue weighted by molar-refractivity contribution is 5.62. The maximum Gasteiger partial charge on any atom is 0.242 e. The van der Waals surface area contributed by atoms with Gasteiger partial charge >= 0.3 is 0 Å². The van der Waals surface area contributed by atoms with Crippen LogP contribution in [-0.2, 0) is 0 Å². The molecule has 1 fully saturated rings. The van der Waals surface area contributed by atoms with Gasteiger partial charge in [-0.1, -0.05) is 5.16 Å². The number of methoxy groups -OCH3 is 1. The molecule has 6 nitrogen and oxygen atoms in total. The van der Waals surface area contributed by atoms with E-state index in [1.54, 1.807) is 19.5 Å². The molecule has 2 aromatic heterocycles. The number of anilines is 1. The van der Waals surface area contributed by atoms with E-state index in [0.29, 0.717) is 17.3 Å². The molecule has 0 bridgehead atoms. The Balaban J connectivity index is 1.92. The van der Waals surface area contributed by atoms with Crippen molar-refractivity contribution in [2.24, 2.45) is 0 Å². The van der Waals surface area contributed by atoms with Gasteiger partial charge in [-0.3, -0.25) is 0 Å². The fraction of sp³-hybridized carbons (Fsp3) is 0.417. The van der Waals surface area contributed by atoms with Crippen molar-refractivity contribution in [1.29, 1.82) is 0 Å². The van der Waals surface area contributed by atoms with E-state index in [1.807, 2.05) is 6.07 Å². The lowest BCUT2D eigenvalue weighted by atomic mass is 10.3. The molecule has 0 unspecified atom stereocenters. The Morgan fingerprint density at radius 2 is 2.00 bits per heavy atom. The Labute approximate surface area is 105 Å². The monoisotopic (exact) mass is 246 g/mol. The number of hydrogen-bond acceptors (Lipinski definition) is 6. The lowest BCUT2D eigenvalue weighted by Gasteiger charge is -2.10. The van der Waals surface area contributed by atoms with Crippen molar-refractivity contribution in [3.8, 4) is 17.3 Å². The summed E-state index contributed by atoms with van der Waals surface area (Å²) in [5, 5.41) is 4.04. The lowest BCUT2D eigenvalue weighted by Crippen LogP contribution is -2.16. The first-order valence-corrected chi connectivity index (χ1v) is 5.95. The minimum absolute atomic E-state index is 0.457. The van der Waals surface area contributed by atoms with Crippen LogP contribution in [0.2, 0.25) is 0 Å². The van der Waals surface area contributed by atoms with Gasteiger partial charge in [0, 0.05) is 31.5 Å². The first-order chi connectivity index (χ1) is 8.88. The second-order valence-corrected chi connectivity index (χ2v) is 4.16. The Morgan fingerprint density at radius 3 is 2.78 bits per heavy atom. The molecule has 6 heteroatoms. The number of rotatable bonds is 3. The summed E-state index contributed by atoms with van der Waals surface area (Å²) in [7, 11) is 1.56. The summed E-state index contributed by atoms with van der Waals surface area (Å²) in [6, 6.07) is 1.89. The Hall–Kier alpha value is -2.11. The van der Waals surface area contributed by atoms with Crippen LogP contribution in [0.5, 0.6) is 5.88 Å². The Bertz CT molecular complexity index is 534. The molecule has 0 atom stereocenters. The summed E-state index contributed by atoms with van der Waals surface area (Å²) >= 11 is 0. The molecule has 0 spiro atoms. The van der Waals surface area contributed by atoms with E-state index in [1.165, 1.54) is 12.8 Å². The largest absolute Gasteiger partial charge is 0.479 e. The number of nitrogens with zero attached hydrogens (tertiary/aromatic N) is 4. The number of aromatic nitrogens is 3. The van der Waals surface area contributed by atoms with Gasteiger partial charge in [0.05, 0.1) is 7.11 Å². The van der Waals surface area contributed by atoms with Gasteiger partial charge in [0.2, 0.25) is 11.8 Å². The first kappa shape index (κ1) is 11.0. The molecule has 1 saturated heterocycles. The van der Waals surface area contributed by atoms with Crippen LogP contribution in [0.4, 0.5) is 5.88 Å². The summed E-state index contributed by atoms with van der Waals surface area (Å²) < 4.78 is 10.5. The highest BCUT2D eigenvalue weighted by Crippen LogP contribution is 2.29. The summed E-state index contributed by atoms with van der Waals surface area (Å²) in [5.74, 6) is 1.24. The molecule has 0 N–H and O–H groups in total. The normalized spacial score (nSPS) is 15.1. The maximum absolute atomic E-state index is 5.36. The van der Waals surface area contributed by atoms with Gasteiger partial charge in [0.1, 0.15) is 5.69 Å². The lowest BCUT2D eigenvalue weighted by molar-refractivity contribution is 0.395. The van der Waals surface area contributed by atoms with Crippen molar-refractivity contribution in [1.82, 2.24) is 15.1 Å². The minimum atomic E-state index is 0.457. The molecule has 2 aromatic rings. The predicted octanol–water partition coefficient (Wildman–Crippen LogP) is 1.74. The molecule has 0 radical (unpaired) electrons. The Kier molecular flexibility index (Phi) is 2.84. The van der Waals surface area contributed by atoms with Crippen molar-refractivity contribution in [3.63, 3.8) is 0 Å². The fourth-order valence-corrected chi connectivity index (χ4v) is 2.11. The highest BCUT2D eigenvalue weighted by atomic mass is 16.5. The van der Waals surface area contributed by atoms with Crippen LogP contribution in [-0.4, -0.2) is 35.3 Å². The van der Waals surface area contributed by atoms with Crippen LogP contribution in [0.1, 0.15) is 12.8 Å². The molecule has 0 aromatic carbocycles. The SMILES string of the molecule is COc1nccnc1-c1cc(N2CCCC2)on1. The average molecular weight is 246 g/mol. The van der Waals surface area contributed by atoms with E-state index in [0.717, 1.165) is 19.0 Å². The van der Waals surface area contributed by atoms with Gasteiger partial charge in [0.25, 0.3) is 0 Å². The molecule has 3 heterocycles. The second-order valence-electron chi connectivity index (χ2n) is 4.16. The van der Waals surface area contributed by atoms with Crippen molar-refractivity contribution in [3.05, 3.63) is 18.5 Å². The third kappa shape index (κ3) is 1.90. The van der Waals surface area contributed by atoms with E-state index in [-0.39, 0.29) is 0 Å². The van der Waals surface area contributed by atoms with Gasteiger partial charge < -0.3 is 14.2 Å². The smallest absolute Gasteiger partial charge is 0.242 e. The Morgan fingerprint density at radius 1 is 1.22 bits per heavy atom. The average Bonchev–Trinajstić information content (AvgIpc) is 3.09. The van der Waals surface area contributed by atoms with Gasteiger partial charge in [-0.05, 0) is 12.8 Å². The summed E-state index contributed by atoms with van der Waals surface area (Å²) in [6.07, 6.45) is 5.60. The van der Waals surface area contributed by atoms with E-state index in [2.05, 4.69) is 20.0 Å². The number of ether oxygens (including phenoxy) is 1. The zero-order chi connectivity index (χ0) is 12.4. The standard InChI is InChI=1S/C12H14N4O2/c1-17-12-11(13-4-5-14-12)9-8-10(18-15-9)16-6-2-3-7-16/h4-5,8H,2-3,6-7H2,1H3. The molecule has 0 saturated carbocycles. The van der Waals surface area contributed by atoms with E-state index in [9.17, 15) is 0 Å². The van der Waals surface area contributed by atoms with E-state index in [4.69, 9.17) is 9.26 Å². The highest BCUT2D eigenvalue weighted by Gasteiger charge is 2.19. The van der Waals surface area contributed by atoms with E-state index < -0.39 is 0 Å². The summed E-state index contributed by atoms with van der Waals surface area (Å²) in [5.41, 5.74) is 1.26. The van der Waals surface area contributed by atoms with Crippen molar-refractivity contribution in [2.45, 2.75) is 12.8 Å². The zero-order valence-corrected chi connectivity index (χ0v) is 10.2. The third-order valence-electron chi connectivity index (χ3n) is 3.02. The van der Waals surface area contributed by atoms with E-state index >= 15 is 0 Å².